The van der Waals surface area contributed by atoms with Gasteiger partial charge in [-0.15, -0.1) is 0 Å². The molecule has 0 aliphatic heterocycles. The van der Waals surface area contributed by atoms with Crippen LogP contribution in [-0.4, -0.2) is 5.11 Å². The molecule has 0 amide bonds. The van der Waals surface area contributed by atoms with Gasteiger partial charge in [0.25, 0.3) is 0 Å². The van der Waals surface area contributed by atoms with E-state index in [1.807, 2.05) is 18.2 Å². The molecule has 2 rings (SSSR count). The molecule has 19 heavy (non-hydrogen) atoms. The van der Waals surface area contributed by atoms with Crippen molar-refractivity contribution >= 4 is 0 Å². The number of aromatic hydroxyl groups is 1. The van der Waals surface area contributed by atoms with Crippen LogP contribution in [0.1, 0.15) is 37.5 Å². The van der Waals surface area contributed by atoms with E-state index in [1.165, 1.54) is 22.3 Å². The quantitative estimate of drug-likeness (QED) is 0.835. The SMILES string of the molecule is CCc1cc(CC)c(-c2ccccc2O)cc1CC. The molecular formula is C18H22O. The lowest BCUT2D eigenvalue weighted by molar-refractivity contribution is 0.477. The van der Waals surface area contributed by atoms with Crippen LogP contribution in [0.5, 0.6) is 5.75 Å². The van der Waals surface area contributed by atoms with Crippen molar-refractivity contribution < 1.29 is 5.11 Å². The van der Waals surface area contributed by atoms with E-state index in [0.29, 0.717) is 5.75 Å². The smallest absolute Gasteiger partial charge is 0.123 e. The zero-order valence-electron chi connectivity index (χ0n) is 12.0. The van der Waals surface area contributed by atoms with E-state index in [4.69, 9.17) is 0 Å². The molecule has 1 nitrogen and oxygen atoms in total. The van der Waals surface area contributed by atoms with Crippen LogP contribution in [0.25, 0.3) is 11.1 Å². The fourth-order valence-electron chi connectivity index (χ4n) is 2.64. The van der Waals surface area contributed by atoms with Gasteiger partial charge >= 0.3 is 0 Å². The first-order valence-electron chi connectivity index (χ1n) is 7.14. The lowest BCUT2D eigenvalue weighted by Crippen LogP contribution is -1.97. The second-order valence-corrected chi connectivity index (χ2v) is 4.86. The van der Waals surface area contributed by atoms with Crippen LogP contribution in [-0.2, 0) is 19.3 Å². The highest BCUT2D eigenvalue weighted by Gasteiger charge is 2.11. The van der Waals surface area contributed by atoms with Gasteiger partial charge < -0.3 is 5.11 Å². The average molecular weight is 254 g/mol. The first kappa shape index (κ1) is 13.7. The number of phenolic OH excluding ortho intramolecular Hbond substituents is 1. The highest BCUT2D eigenvalue weighted by molar-refractivity contribution is 5.74. The van der Waals surface area contributed by atoms with Crippen LogP contribution in [0, 0.1) is 0 Å². The maximum absolute atomic E-state index is 10.1. The highest BCUT2D eigenvalue weighted by atomic mass is 16.3. The molecule has 0 heterocycles. The molecule has 1 N–H and O–H groups in total. The maximum atomic E-state index is 10.1. The summed E-state index contributed by atoms with van der Waals surface area (Å²) in [6.07, 6.45) is 3.09. The number of rotatable bonds is 4. The predicted molar refractivity (Wildman–Crippen MR) is 81.7 cm³/mol. The Kier molecular flexibility index (Phi) is 4.26. The summed E-state index contributed by atoms with van der Waals surface area (Å²) < 4.78 is 0. The van der Waals surface area contributed by atoms with E-state index in [1.54, 1.807) is 6.07 Å². The van der Waals surface area contributed by atoms with Crippen molar-refractivity contribution in [1.82, 2.24) is 0 Å². The Balaban J connectivity index is 2.65. The fraction of sp³-hybridized carbons (Fsp3) is 0.333. The van der Waals surface area contributed by atoms with Gasteiger partial charge in [-0.25, -0.2) is 0 Å². The largest absolute Gasteiger partial charge is 0.507 e. The van der Waals surface area contributed by atoms with Gasteiger partial charge in [0.15, 0.2) is 0 Å². The molecule has 0 fully saturated rings. The summed E-state index contributed by atoms with van der Waals surface area (Å²) in [5.41, 5.74) is 6.25. The van der Waals surface area contributed by atoms with Crippen LogP contribution >= 0.6 is 0 Å². The lowest BCUT2D eigenvalue weighted by atomic mass is 9.90. The molecule has 0 saturated heterocycles. The third kappa shape index (κ3) is 2.65. The Morgan fingerprint density at radius 2 is 1.32 bits per heavy atom. The molecule has 2 aromatic rings. The molecule has 0 radical (unpaired) electrons. The summed E-state index contributed by atoms with van der Waals surface area (Å²) >= 11 is 0. The first-order chi connectivity index (χ1) is 9.21. The molecule has 0 atom stereocenters. The Bertz CT molecular complexity index is 570. The summed E-state index contributed by atoms with van der Waals surface area (Å²) in [6, 6.07) is 12.2. The standard InChI is InChI=1S/C18H22O/c1-4-13-11-15(6-3)17(12-14(13)5-2)16-9-7-8-10-18(16)19/h7-12,19H,4-6H2,1-3H3. The average Bonchev–Trinajstić information content (AvgIpc) is 2.46. The third-order valence-corrected chi connectivity index (χ3v) is 3.76. The van der Waals surface area contributed by atoms with Crippen molar-refractivity contribution in [2.45, 2.75) is 40.0 Å². The fourth-order valence-corrected chi connectivity index (χ4v) is 2.64. The molecule has 2 aromatic carbocycles. The van der Waals surface area contributed by atoms with Gasteiger partial charge in [0.2, 0.25) is 0 Å². The van der Waals surface area contributed by atoms with Gasteiger partial charge in [0, 0.05) is 5.56 Å². The normalized spacial score (nSPS) is 10.7. The summed E-state index contributed by atoms with van der Waals surface area (Å²) in [5.74, 6) is 0.364. The van der Waals surface area contributed by atoms with Crippen LogP contribution < -0.4 is 0 Å². The van der Waals surface area contributed by atoms with Gasteiger partial charge in [-0.3, -0.25) is 0 Å². The van der Waals surface area contributed by atoms with E-state index in [0.717, 1.165) is 24.8 Å². The van der Waals surface area contributed by atoms with Crippen molar-refractivity contribution in [2.24, 2.45) is 0 Å². The summed E-state index contributed by atoms with van der Waals surface area (Å²) in [7, 11) is 0. The molecule has 0 aliphatic rings. The third-order valence-electron chi connectivity index (χ3n) is 3.76. The molecular weight excluding hydrogens is 232 g/mol. The number of phenols is 1. The van der Waals surface area contributed by atoms with Crippen LogP contribution in [0.2, 0.25) is 0 Å². The Hall–Kier alpha value is -1.76. The lowest BCUT2D eigenvalue weighted by Gasteiger charge is -2.15. The Labute approximate surface area is 115 Å². The Morgan fingerprint density at radius 1 is 0.737 bits per heavy atom. The zero-order valence-corrected chi connectivity index (χ0v) is 12.0. The van der Waals surface area contributed by atoms with E-state index < -0.39 is 0 Å². The van der Waals surface area contributed by atoms with E-state index >= 15 is 0 Å². The van der Waals surface area contributed by atoms with Crippen molar-refractivity contribution in [2.75, 3.05) is 0 Å². The molecule has 1 heteroatoms. The number of hydrogen-bond acceptors (Lipinski definition) is 1. The van der Waals surface area contributed by atoms with Crippen molar-refractivity contribution in [3.8, 4) is 16.9 Å². The monoisotopic (exact) mass is 254 g/mol. The maximum Gasteiger partial charge on any atom is 0.123 e. The van der Waals surface area contributed by atoms with E-state index in [-0.39, 0.29) is 0 Å². The summed E-state index contributed by atoms with van der Waals surface area (Å²) in [6.45, 7) is 6.56. The molecule has 0 aromatic heterocycles. The van der Waals surface area contributed by atoms with Crippen molar-refractivity contribution in [3.63, 3.8) is 0 Å². The molecule has 0 aliphatic carbocycles. The van der Waals surface area contributed by atoms with Crippen LogP contribution in [0.4, 0.5) is 0 Å². The van der Waals surface area contributed by atoms with Gasteiger partial charge in [-0.2, -0.15) is 0 Å². The van der Waals surface area contributed by atoms with Crippen molar-refractivity contribution in [1.29, 1.82) is 0 Å². The van der Waals surface area contributed by atoms with Gasteiger partial charge in [-0.05, 0) is 47.6 Å². The van der Waals surface area contributed by atoms with Crippen LogP contribution in [0.15, 0.2) is 36.4 Å². The molecule has 0 spiro atoms. The van der Waals surface area contributed by atoms with E-state index in [2.05, 4.69) is 32.9 Å². The van der Waals surface area contributed by atoms with Gasteiger partial charge in [-0.1, -0.05) is 51.1 Å². The molecule has 0 saturated carbocycles. The highest BCUT2D eigenvalue weighted by Crippen LogP contribution is 2.33. The van der Waals surface area contributed by atoms with Gasteiger partial charge in [0.1, 0.15) is 5.75 Å². The minimum atomic E-state index is 0.364. The number of para-hydroxylation sites is 1. The molecule has 100 valence electrons. The first-order valence-corrected chi connectivity index (χ1v) is 7.14. The zero-order chi connectivity index (χ0) is 13.8. The Morgan fingerprint density at radius 3 is 1.89 bits per heavy atom. The second-order valence-electron chi connectivity index (χ2n) is 4.86. The predicted octanol–water partition coefficient (Wildman–Crippen LogP) is 4.75. The van der Waals surface area contributed by atoms with Crippen LogP contribution in [0.3, 0.4) is 0 Å². The minimum absolute atomic E-state index is 0.364. The summed E-state index contributed by atoms with van der Waals surface area (Å²) in [5, 5.41) is 10.1. The van der Waals surface area contributed by atoms with E-state index in [9.17, 15) is 5.11 Å². The minimum Gasteiger partial charge on any atom is -0.507 e. The number of benzene rings is 2. The number of aryl methyl sites for hydroxylation is 3. The van der Waals surface area contributed by atoms with Gasteiger partial charge in [0.05, 0.1) is 0 Å². The topological polar surface area (TPSA) is 20.2 Å². The molecule has 0 bridgehead atoms. The number of hydrogen-bond donors (Lipinski definition) is 1. The summed E-state index contributed by atoms with van der Waals surface area (Å²) in [4.78, 5) is 0. The van der Waals surface area contributed by atoms with Crippen molar-refractivity contribution in [3.05, 3.63) is 53.1 Å². The second kappa shape index (κ2) is 5.92. The molecule has 0 unspecified atom stereocenters.